The number of piperidine rings is 1. The summed E-state index contributed by atoms with van der Waals surface area (Å²) >= 11 is 1.61. The fourth-order valence-electron chi connectivity index (χ4n) is 2.68. The zero-order valence-electron chi connectivity index (χ0n) is 13.3. The third kappa shape index (κ3) is 4.13. The Balaban J connectivity index is 1.56. The van der Waals surface area contributed by atoms with Crippen LogP contribution in [0.15, 0.2) is 34.9 Å². The van der Waals surface area contributed by atoms with Gasteiger partial charge in [-0.3, -0.25) is 4.79 Å². The number of benzene rings is 1. The summed E-state index contributed by atoms with van der Waals surface area (Å²) in [6.45, 7) is 3.52. The van der Waals surface area contributed by atoms with Crippen LogP contribution >= 0.6 is 11.8 Å². The topological polar surface area (TPSA) is 59.2 Å². The second-order valence-electron chi connectivity index (χ2n) is 5.65. The lowest BCUT2D eigenvalue weighted by atomic mass is 10.1. The minimum Gasteiger partial charge on any atom is -0.338 e. The standard InChI is InChI=1S/C17H21N3O2S/c1-2-15-18-16(22-19-15)12-23-14-9-6-10-20(17(14)21)11-13-7-4-3-5-8-13/h3-5,7-8,14H,2,6,9-12H2,1H3/t14-/m0/s1. The van der Waals surface area contributed by atoms with E-state index < -0.39 is 0 Å². The molecule has 3 rings (SSSR count). The van der Waals surface area contributed by atoms with E-state index in [9.17, 15) is 4.79 Å². The summed E-state index contributed by atoms with van der Waals surface area (Å²) in [5.41, 5.74) is 1.18. The molecule has 2 heterocycles. The van der Waals surface area contributed by atoms with Crippen molar-refractivity contribution in [2.75, 3.05) is 6.54 Å². The van der Waals surface area contributed by atoms with Crippen molar-refractivity contribution in [1.82, 2.24) is 15.0 Å². The highest BCUT2D eigenvalue weighted by Gasteiger charge is 2.29. The number of thioether (sulfide) groups is 1. The second kappa shape index (κ2) is 7.64. The van der Waals surface area contributed by atoms with Crippen molar-refractivity contribution >= 4 is 17.7 Å². The van der Waals surface area contributed by atoms with Crippen LogP contribution in [-0.4, -0.2) is 32.7 Å². The number of aromatic nitrogens is 2. The minimum absolute atomic E-state index is 0.00978. The van der Waals surface area contributed by atoms with Gasteiger partial charge in [0.1, 0.15) is 0 Å². The molecule has 0 radical (unpaired) electrons. The Bertz CT molecular complexity index is 644. The molecule has 0 spiro atoms. The van der Waals surface area contributed by atoms with Crippen LogP contribution in [0.25, 0.3) is 0 Å². The summed E-state index contributed by atoms with van der Waals surface area (Å²) in [6.07, 6.45) is 2.73. The predicted molar refractivity (Wildman–Crippen MR) is 89.9 cm³/mol. The Labute approximate surface area is 140 Å². The number of aryl methyl sites for hydroxylation is 1. The number of rotatable bonds is 6. The summed E-state index contributed by atoms with van der Waals surface area (Å²) in [5.74, 6) is 2.16. The van der Waals surface area contributed by atoms with Gasteiger partial charge < -0.3 is 9.42 Å². The number of likely N-dealkylation sites (tertiary alicyclic amines) is 1. The Hall–Kier alpha value is -1.82. The average molecular weight is 331 g/mol. The van der Waals surface area contributed by atoms with E-state index in [2.05, 4.69) is 22.3 Å². The molecule has 6 heteroatoms. The zero-order chi connectivity index (χ0) is 16.1. The highest BCUT2D eigenvalue weighted by atomic mass is 32.2. The second-order valence-corrected chi connectivity index (χ2v) is 6.84. The van der Waals surface area contributed by atoms with Crippen LogP contribution in [0.3, 0.4) is 0 Å². The molecule has 23 heavy (non-hydrogen) atoms. The first-order chi connectivity index (χ1) is 11.3. The van der Waals surface area contributed by atoms with Gasteiger partial charge in [-0.1, -0.05) is 42.4 Å². The van der Waals surface area contributed by atoms with Crippen molar-refractivity contribution in [3.63, 3.8) is 0 Å². The molecule has 1 amide bonds. The molecule has 1 aliphatic rings. The lowest BCUT2D eigenvalue weighted by molar-refractivity contribution is -0.133. The molecule has 1 aromatic heterocycles. The van der Waals surface area contributed by atoms with Gasteiger partial charge in [-0.2, -0.15) is 4.98 Å². The molecule has 0 saturated carbocycles. The van der Waals surface area contributed by atoms with Crippen LogP contribution in [0.2, 0.25) is 0 Å². The van der Waals surface area contributed by atoms with Gasteiger partial charge in [0.2, 0.25) is 11.8 Å². The van der Waals surface area contributed by atoms with Gasteiger partial charge in [0.05, 0.1) is 11.0 Å². The third-order valence-corrected chi connectivity index (χ3v) is 5.19. The Kier molecular flexibility index (Phi) is 5.33. The van der Waals surface area contributed by atoms with Crippen LogP contribution in [-0.2, 0) is 23.5 Å². The van der Waals surface area contributed by atoms with Crippen LogP contribution in [0.1, 0.15) is 37.0 Å². The predicted octanol–water partition coefficient (Wildman–Crippen LogP) is 3.06. The molecule has 1 atom stereocenters. The molecule has 5 nitrogen and oxygen atoms in total. The van der Waals surface area contributed by atoms with Crippen molar-refractivity contribution in [3.05, 3.63) is 47.6 Å². The largest absolute Gasteiger partial charge is 0.338 e. The monoisotopic (exact) mass is 331 g/mol. The third-order valence-electron chi connectivity index (χ3n) is 3.93. The van der Waals surface area contributed by atoms with Gasteiger partial charge in [0.25, 0.3) is 0 Å². The van der Waals surface area contributed by atoms with E-state index in [0.717, 1.165) is 31.6 Å². The Morgan fingerprint density at radius 3 is 2.91 bits per heavy atom. The van der Waals surface area contributed by atoms with E-state index in [1.165, 1.54) is 5.56 Å². The Morgan fingerprint density at radius 2 is 2.17 bits per heavy atom. The van der Waals surface area contributed by atoms with Crippen molar-refractivity contribution in [2.24, 2.45) is 0 Å². The first-order valence-electron chi connectivity index (χ1n) is 8.02. The highest BCUT2D eigenvalue weighted by Crippen LogP contribution is 2.27. The fraction of sp³-hybridized carbons (Fsp3) is 0.471. The quantitative estimate of drug-likeness (QED) is 0.814. The minimum atomic E-state index is -0.00978. The molecule has 0 unspecified atom stereocenters. The molecule has 0 N–H and O–H groups in total. The number of carbonyl (C=O) groups is 1. The van der Waals surface area contributed by atoms with Crippen molar-refractivity contribution in [1.29, 1.82) is 0 Å². The molecule has 0 bridgehead atoms. The summed E-state index contributed by atoms with van der Waals surface area (Å²) in [4.78, 5) is 18.9. The van der Waals surface area contributed by atoms with E-state index in [4.69, 9.17) is 4.52 Å². The fourth-order valence-corrected chi connectivity index (χ4v) is 3.77. The average Bonchev–Trinajstić information content (AvgIpc) is 3.05. The summed E-state index contributed by atoms with van der Waals surface area (Å²) in [6, 6.07) is 10.1. The maximum Gasteiger partial charge on any atom is 0.236 e. The van der Waals surface area contributed by atoms with Crippen molar-refractivity contribution < 1.29 is 9.32 Å². The molecule has 1 saturated heterocycles. The van der Waals surface area contributed by atoms with E-state index >= 15 is 0 Å². The van der Waals surface area contributed by atoms with E-state index in [1.54, 1.807) is 11.8 Å². The van der Waals surface area contributed by atoms with E-state index in [0.29, 0.717) is 18.2 Å². The smallest absolute Gasteiger partial charge is 0.236 e. The molecule has 2 aromatic rings. The highest BCUT2D eigenvalue weighted by molar-refractivity contribution is 7.99. The number of hydrogen-bond donors (Lipinski definition) is 0. The molecule has 1 aromatic carbocycles. The zero-order valence-corrected chi connectivity index (χ0v) is 14.1. The Morgan fingerprint density at radius 1 is 1.35 bits per heavy atom. The van der Waals surface area contributed by atoms with Gasteiger partial charge in [-0.05, 0) is 18.4 Å². The summed E-state index contributed by atoms with van der Waals surface area (Å²) in [5, 5.41) is 3.88. The summed E-state index contributed by atoms with van der Waals surface area (Å²) < 4.78 is 5.20. The summed E-state index contributed by atoms with van der Waals surface area (Å²) in [7, 11) is 0. The van der Waals surface area contributed by atoms with Crippen LogP contribution in [0.4, 0.5) is 0 Å². The first-order valence-corrected chi connectivity index (χ1v) is 9.07. The van der Waals surface area contributed by atoms with Gasteiger partial charge in [0.15, 0.2) is 5.82 Å². The van der Waals surface area contributed by atoms with E-state index in [1.807, 2.05) is 30.0 Å². The van der Waals surface area contributed by atoms with Crippen molar-refractivity contribution in [2.45, 2.75) is 43.7 Å². The molecule has 1 fully saturated rings. The molecule has 122 valence electrons. The maximum atomic E-state index is 12.7. The molecule has 1 aliphatic heterocycles. The number of carbonyl (C=O) groups excluding carboxylic acids is 1. The van der Waals surface area contributed by atoms with Crippen LogP contribution < -0.4 is 0 Å². The van der Waals surface area contributed by atoms with Crippen molar-refractivity contribution in [3.8, 4) is 0 Å². The van der Waals surface area contributed by atoms with Crippen LogP contribution in [0.5, 0.6) is 0 Å². The van der Waals surface area contributed by atoms with Gasteiger partial charge in [-0.25, -0.2) is 0 Å². The number of hydrogen-bond acceptors (Lipinski definition) is 5. The number of amides is 1. The lowest BCUT2D eigenvalue weighted by Gasteiger charge is -2.31. The molecular weight excluding hydrogens is 310 g/mol. The maximum absolute atomic E-state index is 12.7. The molecular formula is C17H21N3O2S. The lowest BCUT2D eigenvalue weighted by Crippen LogP contribution is -2.42. The molecule has 0 aliphatic carbocycles. The van der Waals surface area contributed by atoms with Crippen LogP contribution in [0, 0.1) is 0 Å². The van der Waals surface area contributed by atoms with E-state index in [-0.39, 0.29) is 11.2 Å². The van der Waals surface area contributed by atoms with Gasteiger partial charge in [-0.15, -0.1) is 11.8 Å². The normalized spacial score (nSPS) is 18.4. The first kappa shape index (κ1) is 16.1. The van der Waals surface area contributed by atoms with Gasteiger partial charge >= 0.3 is 0 Å². The SMILES string of the molecule is CCc1noc(CS[C@H]2CCCN(Cc3ccccc3)C2=O)n1. The number of nitrogens with zero attached hydrogens (tertiary/aromatic N) is 3. The van der Waals surface area contributed by atoms with Gasteiger partial charge in [0, 0.05) is 19.5 Å².